The van der Waals surface area contributed by atoms with Gasteiger partial charge in [0.1, 0.15) is 5.82 Å². The second-order valence-corrected chi connectivity index (χ2v) is 4.59. The third-order valence-corrected chi connectivity index (χ3v) is 3.08. The van der Waals surface area contributed by atoms with Crippen LogP contribution in [0.3, 0.4) is 0 Å². The molecule has 1 atom stereocenters. The molecule has 1 aromatic carbocycles. The fourth-order valence-electron chi connectivity index (χ4n) is 2.16. The summed E-state index contributed by atoms with van der Waals surface area (Å²) in [6, 6.07) is 11.2. The summed E-state index contributed by atoms with van der Waals surface area (Å²) < 4.78 is 0. The van der Waals surface area contributed by atoms with Crippen molar-refractivity contribution in [3.63, 3.8) is 0 Å². The van der Waals surface area contributed by atoms with Gasteiger partial charge >= 0.3 is 0 Å². The summed E-state index contributed by atoms with van der Waals surface area (Å²) >= 11 is 0. The standard InChI is InChI=1S/C15H21N3/c1-2-6-14(11-13-7-4-3-5-8-13)18-12-15-16-9-10-17-15/h3-5,7-10,14,18H,2,6,11-12H2,1H3,(H,16,17). The first kappa shape index (κ1) is 12.8. The molecule has 96 valence electrons. The lowest BCUT2D eigenvalue weighted by Crippen LogP contribution is -2.31. The monoisotopic (exact) mass is 243 g/mol. The maximum Gasteiger partial charge on any atom is 0.120 e. The summed E-state index contributed by atoms with van der Waals surface area (Å²) in [7, 11) is 0. The molecule has 3 heteroatoms. The molecular weight excluding hydrogens is 222 g/mol. The van der Waals surface area contributed by atoms with Gasteiger partial charge in [0.2, 0.25) is 0 Å². The molecule has 0 radical (unpaired) electrons. The molecule has 2 rings (SSSR count). The number of imidazole rings is 1. The number of benzene rings is 1. The smallest absolute Gasteiger partial charge is 0.120 e. The Balaban J connectivity index is 1.87. The zero-order valence-corrected chi connectivity index (χ0v) is 10.9. The van der Waals surface area contributed by atoms with E-state index in [1.807, 2.05) is 6.20 Å². The average molecular weight is 243 g/mol. The molecule has 18 heavy (non-hydrogen) atoms. The number of hydrogen-bond acceptors (Lipinski definition) is 2. The quantitative estimate of drug-likeness (QED) is 0.785. The third kappa shape index (κ3) is 4.00. The number of nitrogens with zero attached hydrogens (tertiary/aromatic N) is 1. The highest BCUT2D eigenvalue weighted by Crippen LogP contribution is 2.08. The highest BCUT2D eigenvalue weighted by Gasteiger charge is 2.08. The van der Waals surface area contributed by atoms with Crippen LogP contribution < -0.4 is 5.32 Å². The van der Waals surface area contributed by atoms with Gasteiger partial charge in [0.15, 0.2) is 0 Å². The average Bonchev–Trinajstić information content (AvgIpc) is 2.91. The van der Waals surface area contributed by atoms with Crippen LogP contribution >= 0.6 is 0 Å². The van der Waals surface area contributed by atoms with Gasteiger partial charge in [-0.2, -0.15) is 0 Å². The lowest BCUT2D eigenvalue weighted by molar-refractivity contribution is 0.466. The Kier molecular flexibility index (Phi) is 4.97. The Hall–Kier alpha value is -1.61. The molecule has 0 aliphatic rings. The molecule has 1 unspecified atom stereocenters. The minimum absolute atomic E-state index is 0.516. The molecule has 0 saturated heterocycles. The summed E-state index contributed by atoms with van der Waals surface area (Å²) in [6.45, 7) is 3.04. The Labute approximate surface area is 109 Å². The van der Waals surface area contributed by atoms with E-state index in [4.69, 9.17) is 0 Å². The van der Waals surface area contributed by atoms with Gasteiger partial charge in [0.05, 0.1) is 6.54 Å². The Bertz CT molecular complexity index is 422. The van der Waals surface area contributed by atoms with Gasteiger partial charge in [-0.15, -0.1) is 0 Å². The molecule has 2 aromatic rings. The minimum Gasteiger partial charge on any atom is -0.348 e. The van der Waals surface area contributed by atoms with E-state index in [1.54, 1.807) is 6.20 Å². The van der Waals surface area contributed by atoms with Crippen molar-refractivity contribution >= 4 is 0 Å². The van der Waals surface area contributed by atoms with Crippen molar-refractivity contribution in [2.45, 2.75) is 38.8 Å². The van der Waals surface area contributed by atoms with E-state index in [2.05, 4.69) is 52.5 Å². The van der Waals surface area contributed by atoms with Gasteiger partial charge in [0, 0.05) is 18.4 Å². The maximum atomic E-state index is 4.24. The maximum absolute atomic E-state index is 4.24. The lowest BCUT2D eigenvalue weighted by Gasteiger charge is -2.17. The fourth-order valence-corrected chi connectivity index (χ4v) is 2.16. The van der Waals surface area contributed by atoms with Crippen molar-refractivity contribution in [2.75, 3.05) is 0 Å². The van der Waals surface area contributed by atoms with Crippen LogP contribution in [0.4, 0.5) is 0 Å². The van der Waals surface area contributed by atoms with Crippen molar-refractivity contribution < 1.29 is 0 Å². The van der Waals surface area contributed by atoms with Crippen molar-refractivity contribution in [1.82, 2.24) is 15.3 Å². The first-order chi connectivity index (χ1) is 8.88. The molecule has 1 aromatic heterocycles. The number of hydrogen-bond donors (Lipinski definition) is 2. The van der Waals surface area contributed by atoms with Crippen LogP contribution in [0.2, 0.25) is 0 Å². The van der Waals surface area contributed by atoms with Gasteiger partial charge in [0.25, 0.3) is 0 Å². The van der Waals surface area contributed by atoms with E-state index in [0.29, 0.717) is 6.04 Å². The molecule has 0 spiro atoms. The van der Waals surface area contributed by atoms with Crippen LogP contribution in [0, 0.1) is 0 Å². The molecule has 2 N–H and O–H groups in total. The molecule has 0 fully saturated rings. The molecule has 0 saturated carbocycles. The van der Waals surface area contributed by atoms with E-state index < -0.39 is 0 Å². The molecule has 0 amide bonds. The van der Waals surface area contributed by atoms with Gasteiger partial charge < -0.3 is 10.3 Å². The van der Waals surface area contributed by atoms with Crippen LogP contribution in [0.5, 0.6) is 0 Å². The van der Waals surface area contributed by atoms with Gasteiger partial charge in [-0.1, -0.05) is 43.7 Å². The second-order valence-electron chi connectivity index (χ2n) is 4.59. The molecule has 3 nitrogen and oxygen atoms in total. The molecule has 0 aliphatic carbocycles. The first-order valence-electron chi connectivity index (χ1n) is 6.64. The van der Waals surface area contributed by atoms with E-state index >= 15 is 0 Å². The van der Waals surface area contributed by atoms with Crippen LogP contribution in [-0.2, 0) is 13.0 Å². The number of H-pyrrole nitrogens is 1. The predicted octanol–water partition coefficient (Wildman–Crippen LogP) is 2.91. The van der Waals surface area contributed by atoms with Crippen LogP contribution in [0.1, 0.15) is 31.2 Å². The molecule has 1 heterocycles. The second kappa shape index (κ2) is 6.97. The number of aromatic nitrogens is 2. The fraction of sp³-hybridized carbons (Fsp3) is 0.400. The van der Waals surface area contributed by atoms with Crippen molar-refractivity contribution in [1.29, 1.82) is 0 Å². The SMILES string of the molecule is CCCC(Cc1ccccc1)NCc1ncc[nH]1. The lowest BCUT2D eigenvalue weighted by atomic mass is 10.0. The zero-order valence-electron chi connectivity index (χ0n) is 10.9. The zero-order chi connectivity index (χ0) is 12.6. The minimum atomic E-state index is 0.516. The van der Waals surface area contributed by atoms with Gasteiger partial charge in [-0.25, -0.2) is 4.98 Å². The Morgan fingerprint density at radius 1 is 1.28 bits per heavy atom. The van der Waals surface area contributed by atoms with E-state index in [0.717, 1.165) is 18.8 Å². The van der Waals surface area contributed by atoms with Crippen molar-refractivity contribution in [2.24, 2.45) is 0 Å². The summed E-state index contributed by atoms with van der Waals surface area (Å²) in [5, 5.41) is 3.58. The van der Waals surface area contributed by atoms with E-state index in [1.165, 1.54) is 18.4 Å². The van der Waals surface area contributed by atoms with Crippen molar-refractivity contribution in [3.05, 3.63) is 54.1 Å². The highest BCUT2D eigenvalue weighted by atomic mass is 15.0. The molecule has 0 bridgehead atoms. The largest absolute Gasteiger partial charge is 0.348 e. The molecular formula is C15H21N3. The molecule has 0 aliphatic heterocycles. The van der Waals surface area contributed by atoms with Gasteiger partial charge in [-0.3, -0.25) is 0 Å². The van der Waals surface area contributed by atoms with Crippen LogP contribution in [-0.4, -0.2) is 16.0 Å². The third-order valence-electron chi connectivity index (χ3n) is 3.08. The predicted molar refractivity (Wildman–Crippen MR) is 74.3 cm³/mol. The normalized spacial score (nSPS) is 12.5. The summed E-state index contributed by atoms with van der Waals surface area (Å²) in [5.41, 5.74) is 1.39. The topological polar surface area (TPSA) is 40.7 Å². The highest BCUT2D eigenvalue weighted by molar-refractivity contribution is 5.15. The summed E-state index contributed by atoms with van der Waals surface area (Å²) in [6.07, 6.45) is 7.12. The van der Waals surface area contributed by atoms with Crippen LogP contribution in [0.25, 0.3) is 0 Å². The number of aromatic amines is 1. The first-order valence-corrected chi connectivity index (χ1v) is 6.64. The Morgan fingerprint density at radius 3 is 2.78 bits per heavy atom. The number of rotatable bonds is 7. The van der Waals surface area contributed by atoms with Gasteiger partial charge in [-0.05, 0) is 18.4 Å². The summed E-state index contributed by atoms with van der Waals surface area (Å²) in [4.78, 5) is 7.36. The Morgan fingerprint density at radius 2 is 2.11 bits per heavy atom. The van der Waals surface area contributed by atoms with E-state index in [-0.39, 0.29) is 0 Å². The van der Waals surface area contributed by atoms with Crippen molar-refractivity contribution in [3.8, 4) is 0 Å². The van der Waals surface area contributed by atoms with Crippen LogP contribution in [0.15, 0.2) is 42.7 Å². The number of nitrogens with one attached hydrogen (secondary N) is 2. The van der Waals surface area contributed by atoms with E-state index in [9.17, 15) is 0 Å². The summed E-state index contributed by atoms with van der Waals surface area (Å²) in [5.74, 6) is 1.00.